The van der Waals surface area contributed by atoms with E-state index >= 15 is 0 Å². The van der Waals surface area contributed by atoms with Crippen LogP contribution in [0.5, 0.6) is 0 Å². The van der Waals surface area contributed by atoms with Crippen molar-refractivity contribution in [3.63, 3.8) is 0 Å². The topological polar surface area (TPSA) is 63.8 Å². The molecule has 0 aliphatic rings. The molecular weight excluding hydrogens is 212 g/mol. The van der Waals surface area contributed by atoms with Crippen molar-refractivity contribution in [2.75, 3.05) is 5.32 Å². The van der Waals surface area contributed by atoms with E-state index in [1.165, 1.54) is 0 Å². The van der Waals surface area contributed by atoms with Gasteiger partial charge < -0.3 is 11.1 Å². The van der Waals surface area contributed by atoms with Crippen molar-refractivity contribution >= 4 is 17.4 Å². The van der Waals surface area contributed by atoms with Crippen LogP contribution in [0.2, 0.25) is 5.28 Å². The molecule has 5 heteroatoms. The molecule has 0 bridgehead atoms. The van der Waals surface area contributed by atoms with Crippen molar-refractivity contribution in [3.8, 4) is 0 Å². The van der Waals surface area contributed by atoms with E-state index in [1.807, 2.05) is 6.92 Å². The molecule has 0 saturated heterocycles. The number of nitrogens with zero attached hydrogens (tertiary/aromatic N) is 2. The Kier molecular flexibility index (Phi) is 4.29. The minimum atomic E-state index is 0.0544. The van der Waals surface area contributed by atoms with Gasteiger partial charge in [0.25, 0.3) is 0 Å². The summed E-state index contributed by atoms with van der Waals surface area (Å²) in [5.74, 6) is 1.14. The highest BCUT2D eigenvalue weighted by atomic mass is 35.5. The van der Waals surface area contributed by atoms with Crippen LogP contribution in [0, 0.1) is 5.92 Å². The van der Waals surface area contributed by atoms with E-state index in [9.17, 15) is 0 Å². The normalized spacial score (nSPS) is 15.1. The lowest BCUT2D eigenvalue weighted by molar-refractivity contribution is 0.460. The highest BCUT2D eigenvalue weighted by molar-refractivity contribution is 6.28. The van der Waals surface area contributed by atoms with Crippen LogP contribution in [0.25, 0.3) is 0 Å². The standard InChI is InChI=1S/C10H17ClN4/c1-6(2)9(7(3)12)14-8-4-5-13-10(11)15-8/h4-7,9H,12H2,1-3H3,(H,13,14,15)/t7?,9-/m0/s1. The van der Waals surface area contributed by atoms with E-state index in [1.54, 1.807) is 12.3 Å². The molecule has 1 unspecified atom stereocenters. The Labute approximate surface area is 95.3 Å². The number of anilines is 1. The Balaban J connectivity index is 2.74. The molecule has 0 saturated carbocycles. The van der Waals surface area contributed by atoms with Gasteiger partial charge in [0.2, 0.25) is 5.28 Å². The summed E-state index contributed by atoms with van der Waals surface area (Å²) >= 11 is 5.69. The zero-order valence-electron chi connectivity index (χ0n) is 9.24. The zero-order valence-corrected chi connectivity index (χ0v) is 9.99. The van der Waals surface area contributed by atoms with E-state index in [4.69, 9.17) is 17.3 Å². The summed E-state index contributed by atoms with van der Waals surface area (Å²) in [7, 11) is 0. The maximum atomic E-state index is 5.88. The number of hydrogen-bond donors (Lipinski definition) is 2. The second kappa shape index (κ2) is 5.28. The lowest BCUT2D eigenvalue weighted by Gasteiger charge is -2.26. The first-order chi connectivity index (χ1) is 7.00. The number of nitrogens with one attached hydrogen (secondary N) is 1. The maximum Gasteiger partial charge on any atom is 0.224 e. The molecule has 84 valence electrons. The van der Waals surface area contributed by atoms with Crippen molar-refractivity contribution < 1.29 is 0 Å². The van der Waals surface area contributed by atoms with Crippen molar-refractivity contribution in [3.05, 3.63) is 17.5 Å². The molecule has 0 aliphatic carbocycles. The summed E-state index contributed by atoms with van der Waals surface area (Å²) in [5.41, 5.74) is 5.88. The maximum absolute atomic E-state index is 5.88. The first-order valence-corrected chi connectivity index (χ1v) is 5.39. The van der Waals surface area contributed by atoms with Gasteiger partial charge in [-0.05, 0) is 30.5 Å². The molecule has 0 aliphatic heterocycles. The lowest BCUT2D eigenvalue weighted by atomic mass is 9.98. The van der Waals surface area contributed by atoms with Gasteiger partial charge in [0, 0.05) is 18.3 Å². The predicted molar refractivity (Wildman–Crippen MR) is 62.9 cm³/mol. The Bertz CT molecular complexity index is 306. The van der Waals surface area contributed by atoms with Gasteiger partial charge in [0.15, 0.2) is 0 Å². The van der Waals surface area contributed by atoms with Crippen molar-refractivity contribution in [2.24, 2.45) is 11.7 Å². The SMILES string of the molecule is CC(C)[C@H](Nc1ccnc(Cl)n1)C(C)N. The van der Waals surface area contributed by atoms with Crippen LogP contribution in [-0.2, 0) is 0 Å². The van der Waals surface area contributed by atoms with Crippen LogP contribution in [0.15, 0.2) is 12.3 Å². The highest BCUT2D eigenvalue weighted by Crippen LogP contribution is 2.13. The molecule has 3 N–H and O–H groups in total. The monoisotopic (exact) mass is 228 g/mol. The fourth-order valence-electron chi connectivity index (χ4n) is 1.49. The molecule has 1 rings (SSSR count). The molecular formula is C10H17ClN4. The van der Waals surface area contributed by atoms with Gasteiger partial charge in [0.1, 0.15) is 5.82 Å². The quantitative estimate of drug-likeness (QED) is 0.773. The fraction of sp³-hybridized carbons (Fsp3) is 0.600. The van der Waals surface area contributed by atoms with Crippen LogP contribution in [0.3, 0.4) is 0 Å². The van der Waals surface area contributed by atoms with Gasteiger partial charge in [0.05, 0.1) is 0 Å². The Morgan fingerprint density at radius 3 is 2.53 bits per heavy atom. The Morgan fingerprint density at radius 1 is 1.40 bits per heavy atom. The van der Waals surface area contributed by atoms with E-state index in [2.05, 4.69) is 29.1 Å². The highest BCUT2D eigenvalue weighted by Gasteiger charge is 2.17. The Morgan fingerprint density at radius 2 is 2.07 bits per heavy atom. The van der Waals surface area contributed by atoms with Crippen molar-refractivity contribution in [1.82, 2.24) is 9.97 Å². The van der Waals surface area contributed by atoms with Crippen LogP contribution >= 0.6 is 11.6 Å². The number of rotatable bonds is 4. The molecule has 1 aromatic heterocycles. The Hall–Kier alpha value is -0.870. The van der Waals surface area contributed by atoms with Crippen LogP contribution in [0.4, 0.5) is 5.82 Å². The first-order valence-electron chi connectivity index (χ1n) is 5.01. The molecule has 0 fully saturated rings. The first kappa shape index (κ1) is 12.2. The van der Waals surface area contributed by atoms with Crippen molar-refractivity contribution in [2.45, 2.75) is 32.9 Å². The van der Waals surface area contributed by atoms with E-state index in [0.29, 0.717) is 11.7 Å². The third-order valence-electron chi connectivity index (χ3n) is 2.23. The minimum Gasteiger partial charge on any atom is -0.365 e. The summed E-state index contributed by atoms with van der Waals surface area (Å²) < 4.78 is 0. The predicted octanol–water partition coefficient (Wildman–Crippen LogP) is 1.91. The lowest BCUT2D eigenvalue weighted by Crippen LogP contribution is -2.41. The average molecular weight is 229 g/mol. The number of halogens is 1. The van der Waals surface area contributed by atoms with Gasteiger partial charge in [-0.1, -0.05) is 13.8 Å². The van der Waals surface area contributed by atoms with Gasteiger partial charge in [-0.3, -0.25) is 0 Å². The molecule has 0 spiro atoms. The third-order valence-corrected chi connectivity index (χ3v) is 2.41. The third kappa shape index (κ3) is 3.64. The van der Waals surface area contributed by atoms with Crippen LogP contribution in [-0.4, -0.2) is 22.1 Å². The molecule has 15 heavy (non-hydrogen) atoms. The summed E-state index contributed by atoms with van der Waals surface area (Å²) in [6.45, 7) is 6.20. The zero-order chi connectivity index (χ0) is 11.4. The second-order valence-electron chi connectivity index (χ2n) is 3.98. The van der Waals surface area contributed by atoms with Gasteiger partial charge in [-0.2, -0.15) is 0 Å². The summed E-state index contributed by atoms with van der Waals surface area (Å²) in [6.07, 6.45) is 1.62. The molecule has 4 nitrogen and oxygen atoms in total. The summed E-state index contributed by atoms with van der Waals surface area (Å²) in [6, 6.07) is 2.01. The van der Waals surface area contributed by atoms with E-state index in [0.717, 1.165) is 0 Å². The van der Waals surface area contributed by atoms with Crippen molar-refractivity contribution in [1.29, 1.82) is 0 Å². The number of nitrogens with two attached hydrogens (primary N) is 1. The second-order valence-corrected chi connectivity index (χ2v) is 4.32. The van der Waals surface area contributed by atoms with E-state index < -0.39 is 0 Å². The smallest absolute Gasteiger partial charge is 0.224 e. The molecule has 0 amide bonds. The molecule has 0 radical (unpaired) electrons. The molecule has 0 aromatic carbocycles. The fourth-order valence-corrected chi connectivity index (χ4v) is 1.64. The van der Waals surface area contributed by atoms with E-state index in [-0.39, 0.29) is 17.4 Å². The summed E-state index contributed by atoms with van der Waals surface area (Å²) in [4.78, 5) is 7.89. The molecule has 2 atom stereocenters. The number of hydrogen-bond acceptors (Lipinski definition) is 4. The largest absolute Gasteiger partial charge is 0.365 e. The van der Waals surface area contributed by atoms with Crippen LogP contribution < -0.4 is 11.1 Å². The number of aromatic nitrogens is 2. The van der Waals surface area contributed by atoms with Gasteiger partial charge in [-0.25, -0.2) is 9.97 Å². The van der Waals surface area contributed by atoms with Gasteiger partial charge >= 0.3 is 0 Å². The molecule has 1 heterocycles. The van der Waals surface area contributed by atoms with Gasteiger partial charge in [-0.15, -0.1) is 0 Å². The summed E-state index contributed by atoms with van der Waals surface area (Å²) in [5, 5.41) is 3.50. The minimum absolute atomic E-state index is 0.0544. The molecule has 1 aromatic rings. The van der Waals surface area contributed by atoms with Crippen LogP contribution in [0.1, 0.15) is 20.8 Å². The average Bonchev–Trinajstić information content (AvgIpc) is 2.13.